The fraction of sp³-hybridized carbons (Fsp3) is 0.300. The van der Waals surface area contributed by atoms with Crippen LogP contribution >= 0.6 is 0 Å². The van der Waals surface area contributed by atoms with Gasteiger partial charge >= 0.3 is 0 Å². The van der Waals surface area contributed by atoms with E-state index in [-0.39, 0.29) is 23.2 Å². The first kappa shape index (κ1) is 22.3. The van der Waals surface area contributed by atoms with Crippen LogP contribution in [-0.4, -0.2) is 12.9 Å². The van der Waals surface area contributed by atoms with Crippen molar-refractivity contribution in [2.45, 2.75) is 51.0 Å². The Morgan fingerprint density at radius 3 is 2.12 bits per heavy atom. The molecule has 0 bridgehead atoms. The first-order valence-corrected chi connectivity index (χ1v) is 12.0. The molecule has 4 heteroatoms. The molecule has 1 aliphatic heterocycles. The number of allylic oxidation sites excluding steroid dienone is 1. The highest BCUT2D eigenvalue weighted by Gasteiger charge is 2.36. The lowest BCUT2D eigenvalue weighted by Crippen LogP contribution is -2.27. The van der Waals surface area contributed by atoms with Gasteiger partial charge in [-0.15, -0.1) is 0 Å². The fourth-order valence-corrected chi connectivity index (χ4v) is 5.03. The number of rotatable bonds is 3. The highest BCUT2D eigenvalue weighted by Crippen LogP contribution is 2.44. The largest absolute Gasteiger partial charge is 0.497 e. The molecule has 0 radical (unpaired) electrons. The number of hydrogen-bond donors (Lipinski definition) is 2. The third-order valence-corrected chi connectivity index (χ3v) is 7.01. The molecule has 0 aromatic heterocycles. The van der Waals surface area contributed by atoms with E-state index >= 15 is 0 Å². The van der Waals surface area contributed by atoms with Crippen LogP contribution in [0.1, 0.15) is 62.3 Å². The molecular formula is C30H32N2O2. The zero-order valence-electron chi connectivity index (χ0n) is 20.3. The minimum Gasteiger partial charge on any atom is -0.497 e. The molecule has 5 rings (SSSR count). The van der Waals surface area contributed by atoms with Crippen LogP contribution in [0.25, 0.3) is 0 Å². The molecule has 4 nitrogen and oxygen atoms in total. The van der Waals surface area contributed by atoms with E-state index in [1.807, 2.05) is 24.3 Å². The van der Waals surface area contributed by atoms with Gasteiger partial charge in [-0.2, -0.15) is 0 Å². The van der Waals surface area contributed by atoms with Gasteiger partial charge in [0.15, 0.2) is 5.78 Å². The molecule has 1 heterocycles. The zero-order valence-corrected chi connectivity index (χ0v) is 20.3. The van der Waals surface area contributed by atoms with Crippen molar-refractivity contribution >= 4 is 17.2 Å². The van der Waals surface area contributed by atoms with E-state index in [1.54, 1.807) is 7.11 Å². The number of methoxy groups -OCH3 is 1. The van der Waals surface area contributed by atoms with Gasteiger partial charge in [0.05, 0.1) is 24.5 Å². The Kier molecular flexibility index (Phi) is 5.68. The molecule has 2 aliphatic rings. The Morgan fingerprint density at radius 1 is 0.824 bits per heavy atom. The number of para-hydroxylation sites is 2. The second kappa shape index (κ2) is 8.68. The Morgan fingerprint density at radius 2 is 1.47 bits per heavy atom. The molecule has 0 spiro atoms. The van der Waals surface area contributed by atoms with Crippen molar-refractivity contribution in [1.29, 1.82) is 0 Å². The Balaban J connectivity index is 1.55. The molecule has 34 heavy (non-hydrogen) atoms. The molecule has 2 atom stereocenters. The third-order valence-electron chi connectivity index (χ3n) is 7.01. The molecular weight excluding hydrogens is 420 g/mol. The standard InChI is InChI=1S/C30H32N2O2/c1-30(2,3)22-13-9-20(10-14-22)29-28-26(31-24-7-5-6-8-25(24)32-29)17-21(18-27(28)33)19-11-15-23(34-4)16-12-19/h5-16,21,29,31-32H,17-18H2,1-4H3/t21-,29-/m0/s1. The van der Waals surface area contributed by atoms with E-state index in [4.69, 9.17) is 4.74 Å². The summed E-state index contributed by atoms with van der Waals surface area (Å²) in [4.78, 5) is 13.7. The van der Waals surface area contributed by atoms with Crippen molar-refractivity contribution in [3.63, 3.8) is 0 Å². The molecule has 0 amide bonds. The summed E-state index contributed by atoms with van der Waals surface area (Å²) in [5.41, 5.74) is 7.52. The van der Waals surface area contributed by atoms with E-state index in [1.165, 1.54) is 11.1 Å². The number of carbonyl (C=O) groups is 1. The van der Waals surface area contributed by atoms with Crippen molar-refractivity contribution in [2.24, 2.45) is 0 Å². The second-order valence-electron chi connectivity index (χ2n) is 10.3. The van der Waals surface area contributed by atoms with Crippen LogP contribution in [0.3, 0.4) is 0 Å². The summed E-state index contributed by atoms with van der Waals surface area (Å²) in [7, 11) is 1.67. The highest BCUT2D eigenvalue weighted by molar-refractivity contribution is 6.01. The number of nitrogens with one attached hydrogen (secondary N) is 2. The highest BCUT2D eigenvalue weighted by atomic mass is 16.5. The van der Waals surface area contributed by atoms with Gasteiger partial charge < -0.3 is 15.4 Å². The molecule has 0 saturated heterocycles. The molecule has 0 fully saturated rings. The minimum atomic E-state index is -0.190. The van der Waals surface area contributed by atoms with E-state index in [0.717, 1.165) is 40.4 Å². The van der Waals surface area contributed by atoms with Gasteiger partial charge in [0, 0.05) is 17.7 Å². The summed E-state index contributed by atoms with van der Waals surface area (Å²) < 4.78 is 5.31. The molecule has 0 unspecified atom stereocenters. The van der Waals surface area contributed by atoms with E-state index in [0.29, 0.717) is 6.42 Å². The number of benzene rings is 3. The topological polar surface area (TPSA) is 50.4 Å². The van der Waals surface area contributed by atoms with Crippen molar-refractivity contribution in [3.8, 4) is 5.75 Å². The van der Waals surface area contributed by atoms with Gasteiger partial charge in [0.2, 0.25) is 0 Å². The maximum absolute atomic E-state index is 13.7. The predicted molar refractivity (Wildman–Crippen MR) is 139 cm³/mol. The average molecular weight is 453 g/mol. The number of fused-ring (bicyclic) bond motifs is 1. The SMILES string of the molecule is COc1ccc([C@@H]2CC(=O)C3=C(C2)Nc2ccccc2N[C@H]3c2ccc(C(C)(C)C)cc2)cc1. The average Bonchev–Trinajstić information content (AvgIpc) is 3.00. The van der Waals surface area contributed by atoms with Crippen LogP contribution in [0, 0.1) is 0 Å². The molecule has 2 N–H and O–H groups in total. The monoisotopic (exact) mass is 452 g/mol. The summed E-state index contributed by atoms with van der Waals surface area (Å²) in [5.74, 6) is 1.16. The predicted octanol–water partition coefficient (Wildman–Crippen LogP) is 6.97. The van der Waals surface area contributed by atoms with E-state index in [9.17, 15) is 4.79 Å². The van der Waals surface area contributed by atoms with Crippen molar-refractivity contribution in [1.82, 2.24) is 0 Å². The van der Waals surface area contributed by atoms with E-state index < -0.39 is 0 Å². The lowest BCUT2D eigenvalue weighted by atomic mass is 9.78. The van der Waals surface area contributed by atoms with Crippen LogP contribution in [0.2, 0.25) is 0 Å². The van der Waals surface area contributed by atoms with Gasteiger partial charge in [-0.3, -0.25) is 4.79 Å². The van der Waals surface area contributed by atoms with Crippen LogP contribution in [0.5, 0.6) is 5.75 Å². The van der Waals surface area contributed by atoms with Crippen LogP contribution in [0.4, 0.5) is 11.4 Å². The van der Waals surface area contributed by atoms with Gasteiger partial charge in [0.1, 0.15) is 5.75 Å². The Bertz CT molecular complexity index is 1230. The minimum absolute atomic E-state index is 0.0836. The first-order chi connectivity index (χ1) is 16.3. The molecule has 1 aliphatic carbocycles. The lowest BCUT2D eigenvalue weighted by Gasteiger charge is -2.30. The number of ether oxygens (including phenoxy) is 1. The Labute approximate surface area is 202 Å². The van der Waals surface area contributed by atoms with Crippen molar-refractivity contribution in [2.75, 3.05) is 17.7 Å². The fourth-order valence-electron chi connectivity index (χ4n) is 5.03. The Hall–Kier alpha value is -3.53. The van der Waals surface area contributed by atoms with Gasteiger partial charge in [-0.05, 0) is 58.7 Å². The first-order valence-electron chi connectivity index (χ1n) is 12.0. The van der Waals surface area contributed by atoms with E-state index in [2.05, 4.69) is 79.9 Å². The summed E-state index contributed by atoms with van der Waals surface area (Å²) in [5, 5.41) is 7.30. The van der Waals surface area contributed by atoms with Gasteiger partial charge in [-0.25, -0.2) is 0 Å². The zero-order chi connectivity index (χ0) is 23.9. The number of anilines is 2. The molecule has 0 saturated carbocycles. The van der Waals surface area contributed by atoms with Crippen LogP contribution < -0.4 is 15.4 Å². The number of hydrogen-bond acceptors (Lipinski definition) is 4. The normalized spacial score (nSPS) is 19.9. The maximum atomic E-state index is 13.7. The number of ketones is 1. The molecule has 3 aromatic carbocycles. The summed E-state index contributed by atoms with van der Waals surface area (Å²) in [6.45, 7) is 6.66. The third kappa shape index (κ3) is 4.21. The summed E-state index contributed by atoms with van der Waals surface area (Å²) in [6, 6.07) is 24.8. The number of Topliss-reactive ketones (excluding diaryl/α,β-unsaturated/α-hetero) is 1. The second-order valence-corrected chi connectivity index (χ2v) is 10.3. The van der Waals surface area contributed by atoms with Crippen molar-refractivity contribution < 1.29 is 9.53 Å². The lowest BCUT2D eigenvalue weighted by molar-refractivity contribution is -0.116. The molecule has 3 aromatic rings. The van der Waals surface area contributed by atoms with Crippen LogP contribution in [-0.2, 0) is 10.2 Å². The number of carbonyl (C=O) groups excluding carboxylic acids is 1. The maximum Gasteiger partial charge on any atom is 0.163 e. The van der Waals surface area contributed by atoms with Crippen molar-refractivity contribution in [3.05, 3.63) is 101 Å². The quantitative estimate of drug-likeness (QED) is 0.450. The summed E-state index contributed by atoms with van der Waals surface area (Å²) in [6.07, 6.45) is 1.29. The van der Waals surface area contributed by atoms with Gasteiger partial charge in [-0.1, -0.05) is 69.3 Å². The summed E-state index contributed by atoms with van der Waals surface area (Å²) >= 11 is 0. The smallest absolute Gasteiger partial charge is 0.163 e. The van der Waals surface area contributed by atoms with Gasteiger partial charge in [0.25, 0.3) is 0 Å². The van der Waals surface area contributed by atoms with Crippen LogP contribution in [0.15, 0.2) is 84.1 Å². The molecule has 174 valence electrons.